The number of nitrogens with one attached hydrogen (secondary N) is 1. The van der Waals surface area contributed by atoms with E-state index in [9.17, 15) is 9.59 Å². The zero-order valence-electron chi connectivity index (χ0n) is 11.7. The number of hydrogen-bond acceptors (Lipinski definition) is 4. The number of carbonyl (C=O) groups is 2. The van der Waals surface area contributed by atoms with Crippen LogP contribution < -0.4 is 10.1 Å². The van der Waals surface area contributed by atoms with Crippen LogP contribution in [0.1, 0.15) is 24.2 Å². The summed E-state index contributed by atoms with van der Waals surface area (Å²) in [5.74, 6) is 0.0253. The van der Waals surface area contributed by atoms with Crippen LogP contribution in [0.4, 0.5) is 0 Å². The van der Waals surface area contributed by atoms with Crippen molar-refractivity contribution in [3.63, 3.8) is 0 Å². The Bertz CT molecular complexity index is 490. The van der Waals surface area contributed by atoms with Crippen molar-refractivity contribution in [1.82, 2.24) is 5.32 Å². The first-order valence-electron chi connectivity index (χ1n) is 6.19. The van der Waals surface area contributed by atoms with E-state index in [1.807, 2.05) is 0 Å². The summed E-state index contributed by atoms with van der Waals surface area (Å²) in [4.78, 5) is 23.3. The highest BCUT2D eigenvalue weighted by Crippen LogP contribution is 2.25. The Balaban J connectivity index is 2.74. The number of methoxy groups -OCH3 is 1. The van der Waals surface area contributed by atoms with Crippen LogP contribution in [-0.2, 0) is 9.53 Å². The van der Waals surface area contributed by atoms with Crippen LogP contribution in [0.2, 0.25) is 0 Å². The minimum absolute atomic E-state index is 0.112. The van der Waals surface area contributed by atoms with Crippen molar-refractivity contribution in [3.05, 3.63) is 28.2 Å². The normalized spacial score (nSPS) is 11.8. The van der Waals surface area contributed by atoms with E-state index in [2.05, 4.69) is 21.2 Å². The highest BCUT2D eigenvalue weighted by Gasteiger charge is 2.17. The van der Waals surface area contributed by atoms with E-state index >= 15 is 0 Å². The Hall–Kier alpha value is -1.40. The second-order valence-corrected chi connectivity index (χ2v) is 5.16. The van der Waals surface area contributed by atoms with E-state index in [-0.39, 0.29) is 11.7 Å². The Morgan fingerprint density at radius 1 is 1.40 bits per heavy atom. The number of rotatable bonds is 7. The zero-order chi connectivity index (χ0) is 15.1. The fraction of sp³-hybridized carbons (Fsp3) is 0.429. The number of carbonyl (C=O) groups excluding carboxylic acids is 2. The fourth-order valence-electron chi connectivity index (χ4n) is 1.55. The van der Waals surface area contributed by atoms with Crippen molar-refractivity contribution in [2.24, 2.45) is 0 Å². The van der Waals surface area contributed by atoms with Crippen LogP contribution >= 0.6 is 15.9 Å². The van der Waals surface area contributed by atoms with Crippen LogP contribution in [0.3, 0.4) is 0 Å². The van der Waals surface area contributed by atoms with Crippen molar-refractivity contribution in [2.45, 2.75) is 20.0 Å². The van der Waals surface area contributed by atoms with Gasteiger partial charge in [-0.05, 0) is 32.0 Å². The van der Waals surface area contributed by atoms with Gasteiger partial charge in [0.25, 0.3) is 5.91 Å². The minimum atomic E-state index is -0.695. The zero-order valence-corrected chi connectivity index (χ0v) is 13.3. The summed E-state index contributed by atoms with van der Waals surface area (Å²) in [6, 6.07) is 5.10. The van der Waals surface area contributed by atoms with Crippen molar-refractivity contribution < 1.29 is 19.1 Å². The molecule has 1 unspecified atom stereocenters. The van der Waals surface area contributed by atoms with Gasteiger partial charge in [0.15, 0.2) is 11.9 Å². The minimum Gasteiger partial charge on any atom is -0.480 e. The SMILES string of the molecule is COCCNC(=O)C(C)Oc1cc(Br)ccc1C(C)=O. The first-order valence-corrected chi connectivity index (χ1v) is 6.98. The Morgan fingerprint density at radius 3 is 2.70 bits per heavy atom. The molecule has 0 radical (unpaired) electrons. The molecule has 0 aliphatic heterocycles. The van der Waals surface area contributed by atoms with E-state index in [0.29, 0.717) is 24.5 Å². The summed E-state index contributed by atoms with van der Waals surface area (Å²) in [6.45, 7) is 3.95. The lowest BCUT2D eigenvalue weighted by atomic mass is 10.1. The van der Waals surface area contributed by atoms with Crippen LogP contribution in [0, 0.1) is 0 Å². The van der Waals surface area contributed by atoms with E-state index in [4.69, 9.17) is 9.47 Å². The van der Waals surface area contributed by atoms with Gasteiger partial charge in [0, 0.05) is 18.1 Å². The second-order valence-electron chi connectivity index (χ2n) is 4.24. The van der Waals surface area contributed by atoms with Gasteiger partial charge in [-0.25, -0.2) is 0 Å². The molecule has 1 amide bonds. The number of ketones is 1. The first-order chi connectivity index (χ1) is 9.45. The molecule has 20 heavy (non-hydrogen) atoms. The smallest absolute Gasteiger partial charge is 0.260 e. The molecule has 0 bridgehead atoms. The van der Waals surface area contributed by atoms with Gasteiger partial charge in [-0.15, -0.1) is 0 Å². The summed E-state index contributed by atoms with van der Waals surface area (Å²) in [5.41, 5.74) is 0.449. The van der Waals surface area contributed by atoms with Gasteiger partial charge in [0.05, 0.1) is 12.2 Å². The molecule has 0 aromatic heterocycles. The molecule has 0 aliphatic carbocycles. The van der Waals surface area contributed by atoms with Crippen molar-refractivity contribution in [2.75, 3.05) is 20.3 Å². The number of benzene rings is 1. The lowest BCUT2D eigenvalue weighted by molar-refractivity contribution is -0.127. The van der Waals surface area contributed by atoms with Gasteiger partial charge in [0.2, 0.25) is 0 Å². The maximum absolute atomic E-state index is 11.8. The van der Waals surface area contributed by atoms with Crippen LogP contribution in [0.25, 0.3) is 0 Å². The van der Waals surface area contributed by atoms with Crippen molar-refractivity contribution in [1.29, 1.82) is 0 Å². The van der Waals surface area contributed by atoms with E-state index in [1.54, 1.807) is 32.2 Å². The van der Waals surface area contributed by atoms with Gasteiger partial charge in [0.1, 0.15) is 5.75 Å². The van der Waals surface area contributed by atoms with E-state index in [0.717, 1.165) is 4.47 Å². The summed E-state index contributed by atoms with van der Waals surface area (Å²) in [6.07, 6.45) is -0.695. The summed E-state index contributed by atoms with van der Waals surface area (Å²) in [5, 5.41) is 2.68. The average molecular weight is 344 g/mol. The molecule has 0 fully saturated rings. The molecule has 110 valence electrons. The number of ether oxygens (including phenoxy) is 2. The van der Waals surface area contributed by atoms with Gasteiger partial charge in [-0.2, -0.15) is 0 Å². The van der Waals surface area contributed by atoms with Gasteiger partial charge in [-0.1, -0.05) is 15.9 Å². The van der Waals surface area contributed by atoms with Crippen molar-refractivity contribution >= 4 is 27.6 Å². The second kappa shape index (κ2) is 8.01. The number of halogens is 1. The summed E-state index contributed by atoms with van der Waals surface area (Å²) < 4.78 is 11.2. The molecule has 1 atom stereocenters. The molecule has 0 spiro atoms. The predicted molar refractivity (Wildman–Crippen MR) is 79.1 cm³/mol. The molecule has 0 saturated heterocycles. The molecule has 5 nitrogen and oxygen atoms in total. The maximum Gasteiger partial charge on any atom is 0.260 e. The third-order valence-electron chi connectivity index (χ3n) is 2.60. The molecule has 1 aromatic carbocycles. The molecule has 1 rings (SSSR count). The van der Waals surface area contributed by atoms with Crippen LogP contribution in [0.15, 0.2) is 22.7 Å². The molecule has 0 heterocycles. The molecular formula is C14H18BrNO4. The monoisotopic (exact) mass is 343 g/mol. The highest BCUT2D eigenvalue weighted by atomic mass is 79.9. The van der Waals surface area contributed by atoms with Crippen LogP contribution in [-0.4, -0.2) is 38.1 Å². The van der Waals surface area contributed by atoms with Crippen LogP contribution in [0.5, 0.6) is 5.75 Å². The third-order valence-corrected chi connectivity index (χ3v) is 3.09. The number of hydrogen-bond donors (Lipinski definition) is 1. The molecule has 1 aromatic rings. The predicted octanol–water partition coefficient (Wildman–Crippen LogP) is 2.18. The van der Waals surface area contributed by atoms with Gasteiger partial charge in [-0.3, -0.25) is 9.59 Å². The summed E-state index contributed by atoms with van der Waals surface area (Å²) in [7, 11) is 1.56. The van der Waals surface area contributed by atoms with Gasteiger partial charge < -0.3 is 14.8 Å². The van der Waals surface area contributed by atoms with Gasteiger partial charge >= 0.3 is 0 Å². The standard InChI is InChI=1S/C14H18BrNO4/c1-9(17)12-5-4-11(15)8-13(12)20-10(2)14(18)16-6-7-19-3/h4-5,8,10H,6-7H2,1-3H3,(H,16,18). The third kappa shape index (κ3) is 4.94. The lowest BCUT2D eigenvalue weighted by Crippen LogP contribution is -2.38. The molecular weight excluding hydrogens is 326 g/mol. The molecule has 0 aliphatic rings. The Morgan fingerprint density at radius 2 is 2.10 bits per heavy atom. The Labute approximate surface area is 126 Å². The molecule has 6 heteroatoms. The van der Waals surface area contributed by atoms with E-state index < -0.39 is 6.10 Å². The topological polar surface area (TPSA) is 64.6 Å². The highest BCUT2D eigenvalue weighted by molar-refractivity contribution is 9.10. The maximum atomic E-state index is 11.8. The first kappa shape index (κ1) is 16.7. The Kier molecular flexibility index (Phi) is 6.67. The number of Topliss-reactive ketones (excluding diaryl/α,β-unsaturated/α-hetero) is 1. The lowest BCUT2D eigenvalue weighted by Gasteiger charge is -2.16. The fourth-order valence-corrected chi connectivity index (χ4v) is 1.89. The quantitative estimate of drug-likeness (QED) is 0.608. The largest absolute Gasteiger partial charge is 0.480 e. The van der Waals surface area contributed by atoms with Crippen molar-refractivity contribution in [3.8, 4) is 5.75 Å². The van der Waals surface area contributed by atoms with E-state index in [1.165, 1.54) is 6.92 Å². The number of amides is 1. The average Bonchev–Trinajstić information content (AvgIpc) is 2.38. The molecule has 1 N–H and O–H groups in total. The molecule has 0 saturated carbocycles. The summed E-state index contributed by atoms with van der Waals surface area (Å²) >= 11 is 3.32.